The van der Waals surface area contributed by atoms with E-state index in [-0.39, 0.29) is 5.63 Å². The molecule has 0 aliphatic rings. The van der Waals surface area contributed by atoms with Crippen molar-refractivity contribution in [2.24, 2.45) is 0 Å². The van der Waals surface area contributed by atoms with Crippen LogP contribution in [-0.2, 0) is 12.8 Å². The lowest BCUT2D eigenvalue weighted by Crippen LogP contribution is -2.09. The van der Waals surface area contributed by atoms with Crippen molar-refractivity contribution in [1.29, 1.82) is 0 Å². The molecule has 2 aromatic rings. The van der Waals surface area contributed by atoms with Gasteiger partial charge in [0.05, 0.1) is 0 Å². The minimum atomic E-state index is -0.253. The third kappa shape index (κ3) is 2.48. The Morgan fingerprint density at radius 2 is 2.05 bits per heavy atom. The number of ether oxygens (including phenoxy) is 1. The van der Waals surface area contributed by atoms with Gasteiger partial charge in [-0.05, 0) is 37.0 Å². The molecular formula is C17H20O3. The number of rotatable bonds is 5. The molecule has 20 heavy (non-hydrogen) atoms. The minimum Gasteiger partial charge on any atom is -0.489 e. The molecule has 0 saturated heterocycles. The molecule has 0 fully saturated rings. The van der Waals surface area contributed by atoms with E-state index in [2.05, 4.69) is 19.6 Å². The Morgan fingerprint density at radius 1 is 1.30 bits per heavy atom. The van der Waals surface area contributed by atoms with Gasteiger partial charge in [-0.1, -0.05) is 26.5 Å². The number of aryl methyl sites for hydroxylation is 2. The summed E-state index contributed by atoms with van der Waals surface area (Å²) in [5.41, 5.74) is 3.19. The Balaban J connectivity index is 2.70. The summed E-state index contributed by atoms with van der Waals surface area (Å²) in [5.74, 6) is 0.756. The molecule has 1 aromatic carbocycles. The molecule has 1 aromatic heterocycles. The van der Waals surface area contributed by atoms with Crippen LogP contribution >= 0.6 is 0 Å². The highest BCUT2D eigenvalue weighted by Crippen LogP contribution is 2.29. The smallest absolute Gasteiger partial charge is 0.339 e. The quantitative estimate of drug-likeness (QED) is 0.614. The van der Waals surface area contributed by atoms with Crippen LogP contribution in [-0.4, -0.2) is 6.61 Å². The van der Waals surface area contributed by atoms with Crippen LogP contribution in [0.4, 0.5) is 0 Å². The van der Waals surface area contributed by atoms with E-state index in [0.717, 1.165) is 34.2 Å². The van der Waals surface area contributed by atoms with E-state index in [1.807, 2.05) is 19.9 Å². The molecule has 0 amide bonds. The first-order chi connectivity index (χ1) is 9.62. The van der Waals surface area contributed by atoms with Crippen molar-refractivity contribution in [2.45, 2.75) is 33.6 Å². The topological polar surface area (TPSA) is 39.4 Å². The first-order valence-electron chi connectivity index (χ1n) is 6.95. The lowest BCUT2D eigenvalue weighted by Gasteiger charge is -2.12. The lowest BCUT2D eigenvalue weighted by atomic mass is 10.0. The molecule has 0 spiro atoms. The largest absolute Gasteiger partial charge is 0.489 e. The summed E-state index contributed by atoms with van der Waals surface area (Å²) in [6.07, 6.45) is 3.24. The third-order valence-corrected chi connectivity index (χ3v) is 3.56. The molecule has 0 aliphatic heterocycles. The fourth-order valence-electron chi connectivity index (χ4n) is 2.43. The maximum atomic E-state index is 11.9. The number of benzene rings is 1. The third-order valence-electron chi connectivity index (χ3n) is 3.56. The average molecular weight is 272 g/mol. The number of hydrogen-bond donors (Lipinski definition) is 0. The number of hydrogen-bond acceptors (Lipinski definition) is 3. The SMILES string of the molecule is C=CCOc1cc2oc(=O)c(CC)c(C)c2cc1CC. The molecule has 0 bridgehead atoms. The van der Waals surface area contributed by atoms with Crippen LogP contribution in [0.15, 0.2) is 34.0 Å². The molecule has 2 rings (SSSR count). The minimum absolute atomic E-state index is 0.253. The molecule has 0 aliphatic carbocycles. The Kier molecular flexibility index (Phi) is 4.28. The van der Waals surface area contributed by atoms with E-state index < -0.39 is 0 Å². The normalized spacial score (nSPS) is 10.8. The zero-order valence-electron chi connectivity index (χ0n) is 12.3. The van der Waals surface area contributed by atoms with Gasteiger partial charge in [0.1, 0.15) is 17.9 Å². The second-order valence-electron chi connectivity index (χ2n) is 4.76. The van der Waals surface area contributed by atoms with Gasteiger partial charge in [-0.25, -0.2) is 4.79 Å². The van der Waals surface area contributed by atoms with Crippen molar-refractivity contribution in [1.82, 2.24) is 0 Å². The van der Waals surface area contributed by atoms with Gasteiger partial charge in [-0.3, -0.25) is 0 Å². The van der Waals surface area contributed by atoms with Crippen molar-refractivity contribution >= 4 is 11.0 Å². The zero-order chi connectivity index (χ0) is 14.7. The average Bonchev–Trinajstić information content (AvgIpc) is 2.44. The van der Waals surface area contributed by atoms with Gasteiger partial charge in [-0.2, -0.15) is 0 Å². The first-order valence-corrected chi connectivity index (χ1v) is 6.95. The monoisotopic (exact) mass is 272 g/mol. The van der Waals surface area contributed by atoms with Gasteiger partial charge in [-0.15, -0.1) is 0 Å². The summed E-state index contributed by atoms with van der Waals surface area (Å²) < 4.78 is 11.1. The first kappa shape index (κ1) is 14.4. The van der Waals surface area contributed by atoms with E-state index in [0.29, 0.717) is 18.6 Å². The Morgan fingerprint density at radius 3 is 2.65 bits per heavy atom. The van der Waals surface area contributed by atoms with Crippen molar-refractivity contribution in [3.8, 4) is 5.75 Å². The lowest BCUT2D eigenvalue weighted by molar-refractivity contribution is 0.359. The van der Waals surface area contributed by atoms with Crippen LogP contribution in [0.3, 0.4) is 0 Å². The van der Waals surface area contributed by atoms with Gasteiger partial charge in [0.25, 0.3) is 0 Å². The van der Waals surface area contributed by atoms with Crippen LogP contribution in [0.1, 0.15) is 30.5 Å². The summed E-state index contributed by atoms with van der Waals surface area (Å²) in [5, 5.41) is 0.990. The second-order valence-corrected chi connectivity index (χ2v) is 4.76. The van der Waals surface area contributed by atoms with Gasteiger partial charge in [0.2, 0.25) is 0 Å². The molecule has 3 heteroatoms. The second kappa shape index (κ2) is 5.95. The van der Waals surface area contributed by atoms with Gasteiger partial charge in [0.15, 0.2) is 0 Å². The molecule has 1 heterocycles. The molecule has 0 radical (unpaired) electrons. The van der Waals surface area contributed by atoms with Crippen LogP contribution in [0.25, 0.3) is 11.0 Å². The van der Waals surface area contributed by atoms with Crippen LogP contribution < -0.4 is 10.4 Å². The zero-order valence-corrected chi connectivity index (χ0v) is 12.3. The fourth-order valence-corrected chi connectivity index (χ4v) is 2.43. The standard InChI is InChI=1S/C17H20O3/c1-5-8-19-15-10-16-14(9-12(15)6-2)11(4)13(7-3)17(18)20-16/h5,9-10H,1,6-8H2,2-4H3. The predicted molar refractivity (Wildman–Crippen MR) is 81.7 cm³/mol. The van der Waals surface area contributed by atoms with E-state index in [1.165, 1.54) is 0 Å². The highest BCUT2D eigenvalue weighted by molar-refractivity contribution is 5.83. The van der Waals surface area contributed by atoms with E-state index in [1.54, 1.807) is 6.08 Å². The van der Waals surface area contributed by atoms with Crippen molar-refractivity contribution in [2.75, 3.05) is 6.61 Å². The molecular weight excluding hydrogens is 252 g/mol. The van der Waals surface area contributed by atoms with E-state index >= 15 is 0 Å². The summed E-state index contributed by atoms with van der Waals surface area (Å²) in [6, 6.07) is 3.87. The van der Waals surface area contributed by atoms with Crippen molar-refractivity contribution in [3.05, 3.63) is 51.9 Å². The van der Waals surface area contributed by atoms with Crippen molar-refractivity contribution in [3.63, 3.8) is 0 Å². The fraction of sp³-hybridized carbons (Fsp3) is 0.353. The van der Waals surface area contributed by atoms with Crippen molar-refractivity contribution < 1.29 is 9.15 Å². The molecule has 0 unspecified atom stereocenters. The summed E-state index contributed by atoms with van der Waals surface area (Å²) in [7, 11) is 0. The summed E-state index contributed by atoms with van der Waals surface area (Å²) in [4.78, 5) is 11.9. The Bertz CT molecular complexity index is 695. The number of fused-ring (bicyclic) bond motifs is 1. The van der Waals surface area contributed by atoms with Crippen LogP contribution in [0, 0.1) is 6.92 Å². The summed E-state index contributed by atoms with van der Waals surface area (Å²) in [6.45, 7) is 10.1. The molecule has 0 atom stereocenters. The molecule has 106 valence electrons. The van der Waals surface area contributed by atoms with Crippen LogP contribution in [0.5, 0.6) is 5.75 Å². The van der Waals surface area contributed by atoms with E-state index in [9.17, 15) is 4.79 Å². The molecule has 3 nitrogen and oxygen atoms in total. The van der Waals surface area contributed by atoms with Gasteiger partial charge in [0, 0.05) is 17.0 Å². The Hall–Kier alpha value is -2.03. The highest BCUT2D eigenvalue weighted by Gasteiger charge is 2.13. The maximum absolute atomic E-state index is 11.9. The van der Waals surface area contributed by atoms with Crippen LogP contribution in [0.2, 0.25) is 0 Å². The Labute approximate surface area is 118 Å². The van der Waals surface area contributed by atoms with E-state index in [4.69, 9.17) is 9.15 Å². The summed E-state index contributed by atoms with van der Waals surface area (Å²) >= 11 is 0. The molecule has 0 N–H and O–H groups in total. The predicted octanol–water partition coefficient (Wildman–Crippen LogP) is 3.79. The van der Waals surface area contributed by atoms with Gasteiger partial charge < -0.3 is 9.15 Å². The molecule has 0 saturated carbocycles. The maximum Gasteiger partial charge on any atom is 0.339 e. The highest BCUT2D eigenvalue weighted by atomic mass is 16.5. The van der Waals surface area contributed by atoms with Gasteiger partial charge >= 0.3 is 5.63 Å².